The highest BCUT2D eigenvalue weighted by molar-refractivity contribution is 5.96. The summed E-state index contributed by atoms with van der Waals surface area (Å²) >= 11 is 0. The van der Waals surface area contributed by atoms with Crippen LogP contribution in [0.4, 0.5) is 0 Å². The number of hydrogen-bond donors (Lipinski definition) is 1. The lowest BCUT2D eigenvalue weighted by Gasteiger charge is -2.08. The molecule has 5 heteroatoms. The molecule has 0 atom stereocenters. The summed E-state index contributed by atoms with van der Waals surface area (Å²) in [5.74, 6) is 0.927. The van der Waals surface area contributed by atoms with Crippen LogP contribution in [-0.4, -0.2) is 20.4 Å². The lowest BCUT2D eigenvalue weighted by Crippen LogP contribution is -2.27. The molecule has 0 unspecified atom stereocenters. The molecule has 4 aromatic rings. The summed E-state index contributed by atoms with van der Waals surface area (Å²) in [5.41, 5.74) is 4.04. The molecule has 1 N–H and O–H groups in total. The van der Waals surface area contributed by atoms with E-state index < -0.39 is 0 Å². The van der Waals surface area contributed by atoms with E-state index in [0.29, 0.717) is 6.54 Å². The van der Waals surface area contributed by atoms with Crippen LogP contribution in [0.1, 0.15) is 19.4 Å². The van der Waals surface area contributed by atoms with Gasteiger partial charge in [-0.05, 0) is 23.1 Å². The van der Waals surface area contributed by atoms with E-state index in [4.69, 9.17) is 4.98 Å². The Balaban J connectivity index is 1.75. The smallest absolute Gasteiger partial charge is 0.222 e. The van der Waals surface area contributed by atoms with Crippen molar-refractivity contribution in [3.63, 3.8) is 0 Å². The number of nitrogens with one attached hydrogen (secondary N) is 1. The zero-order chi connectivity index (χ0) is 19.0. The Hall–Kier alpha value is -3.21. The zero-order valence-corrected chi connectivity index (χ0v) is 15.7. The van der Waals surface area contributed by atoms with Gasteiger partial charge in [-0.3, -0.25) is 9.78 Å². The van der Waals surface area contributed by atoms with Crippen molar-refractivity contribution in [1.82, 2.24) is 19.9 Å². The number of imidazole rings is 1. The van der Waals surface area contributed by atoms with Gasteiger partial charge >= 0.3 is 0 Å². The Morgan fingerprint density at radius 3 is 2.78 bits per heavy atom. The molecular formula is C22H22N4O. The number of aryl methyl sites for hydroxylation is 1. The Labute approximate surface area is 158 Å². The minimum Gasteiger partial charge on any atom is -0.352 e. The molecule has 2 aromatic heterocycles. The molecule has 4 rings (SSSR count). The van der Waals surface area contributed by atoms with E-state index in [9.17, 15) is 4.79 Å². The van der Waals surface area contributed by atoms with Crippen molar-refractivity contribution >= 4 is 27.7 Å². The van der Waals surface area contributed by atoms with Crippen LogP contribution in [0.25, 0.3) is 33.2 Å². The second-order valence-corrected chi connectivity index (χ2v) is 7.10. The van der Waals surface area contributed by atoms with Gasteiger partial charge in [-0.1, -0.05) is 44.2 Å². The van der Waals surface area contributed by atoms with E-state index in [1.165, 1.54) is 0 Å². The van der Waals surface area contributed by atoms with Crippen LogP contribution >= 0.6 is 0 Å². The van der Waals surface area contributed by atoms with Gasteiger partial charge in [-0.15, -0.1) is 0 Å². The molecule has 27 heavy (non-hydrogen) atoms. The fourth-order valence-electron chi connectivity index (χ4n) is 3.27. The third kappa shape index (κ3) is 3.16. The maximum absolute atomic E-state index is 11.8. The summed E-state index contributed by atoms with van der Waals surface area (Å²) in [7, 11) is 2.02. The number of carbonyl (C=O) groups excluding carboxylic acids is 1. The molecule has 0 aliphatic rings. The molecule has 0 radical (unpaired) electrons. The van der Waals surface area contributed by atoms with E-state index >= 15 is 0 Å². The quantitative estimate of drug-likeness (QED) is 0.598. The van der Waals surface area contributed by atoms with Gasteiger partial charge in [0.2, 0.25) is 5.91 Å². The average Bonchev–Trinajstić information content (AvgIpc) is 3.01. The highest BCUT2D eigenvalue weighted by Gasteiger charge is 2.14. The van der Waals surface area contributed by atoms with E-state index in [1.807, 2.05) is 57.6 Å². The van der Waals surface area contributed by atoms with Crippen molar-refractivity contribution in [2.24, 2.45) is 13.0 Å². The predicted octanol–water partition coefficient (Wildman–Crippen LogP) is 4.06. The normalized spacial score (nSPS) is 11.4. The fourth-order valence-corrected chi connectivity index (χ4v) is 3.27. The average molecular weight is 358 g/mol. The number of fused-ring (bicyclic) bond motifs is 2. The standard InChI is InChI=1S/C22H22N4O/c1-14(2)22(27)24-11-15-8-9-19-20(10-15)26(3)21(25-19)18-13-23-12-16-6-4-5-7-17(16)18/h4-10,12-14H,11H2,1-3H3,(H,24,27). The maximum atomic E-state index is 11.8. The van der Waals surface area contributed by atoms with E-state index in [2.05, 4.69) is 33.1 Å². The summed E-state index contributed by atoms with van der Waals surface area (Å²) in [4.78, 5) is 21.0. The van der Waals surface area contributed by atoms with Gasteiger partial charge in [0, 0.05) is 42.9 Å². The number of pyridine rings is 1. The molecular weight excluding hydrogens is 336 g/mol. The number of amides is 1. The van der Waals surface area contributed by atoms with Crippen molar-refractivity contribution in [3.8, 4) is 11.4 Å². The van der Waals surface area contributed by atoms with Gasteiger partial charge in [0.15, 0.2) is 0 Å². The van der Waals surface area contributed by atoms with Gasteiger partial charge in [-0.25, -0.2) is 4.98 Å². The van der Waals surface area contributed by atoms with E-state index in [1.54, 1.807) is 0 Å². The molecule has 2 heterocycles. The van der Waals surface area contributed by atoms with Gasteiger partial charge < -0.3 is 9.88 Å². The topological polar surface area (TPSA) is 59.8 Å². The van der Waals surface area contributed by atoms with Crippen LogP contribution in [0.2, 0.25) is 0 Å². The summed E-state index contributed by atoms with van der Waals surface area (Å²) < 4.78 is 2.09. The molecule has 0 aliphatic heterocycles. The number of benzene rings is 2. The van der Waals surface area contributed by atoms with E-state index in [-0.39, 0.29) is 11.8 Å². The first-order valence-electron chi connectivity index (χ1n) is 9.11. The summed E-state index contributed by atoms with van der Waals surface area (Å²) in [5, 5.41) is 5.20. The summed E-state index contributed by atoms with van der Waals surface area (Å²) in [6.07, 6.45) is 3.74. The van der Waals surface area contributed by atoms with Gasteiger partial charge in [0.25, 0.3) is 0 Å². The van der Waals surface area contributed by atoms with Crippen molar-refractivity contribution in [2.45, 2.75) is 20.4 Å². The number of carbonyl (C=O) groups is 1. The lowest BCUT2D eigenvalue weighted by molar-refractivity contribution is -0.124. The first kappa shape index (κ1) is 17.2. The van der Waals surface area contributed by atoms with Crippen LogP contribution in [-0.2, 0) is 18.4 Å². The van der Waals surface area contributed by atoms with Crippen molar-refractivity contribution in [3.05, 3.63) is 60.4 Å². The first-order valence-corrected chi connectivity index (χ1v) is 9.11. The molecule has 0 spiro atoms. The monoisotopic (exact) mass is 358 g/mol. The fraction of sp³-hybridized carbons (Fsp3) is 0.227. The SMILES string of the molecule is CC(C)C(=O)NCc1ccc2nc(-c3cncc4ccccc34)n(C)c2c1. The van der Waals surface area contributed by atoms with Crippen molar-refractivity contribution in [2.75, 3.05) is 0 Å². The molecule has 0 saturated heterocycles. The molecule has 5 nitrogen and oxygen atoms in total. The van der Waals surface area contributed by atoms with Crippen LogP contribution in [0.15, 0.2) is 54.9 Å². The maximum Gasteiger partial charge on any atom is 0.222 e. The second-order valence-electron chi connectivity index (χ2n) is 7.10. The Kier molecular flexibility index (Phi) is 4.36. The van der Waals surface area contributed by atoms with Gasteiger partial charge in [0.1, 0.15) is 5.82 Å². The minimum absolute atomic E-state index is 0.0177. The third-order valence-electron chi connectivity index (χ3n) is 4.85. The Morgan fingerprint density at radius 1 is 1.15 bits per heavy atom. The second kappa shape index (κ2) is 6.83. The molecule has 136 valence electrons. The molecule has 1 amide bonds. The largest absolute Gasteiger partial charge is 0.352 e. The molecule has 0 saturated carbocycles. The lowest BCUT2D eigenvalue weighted by atomic mass is 10.1. The molecule has 0 aliphatic carbocycles. The van der Waals surface area contributed by atoms with Crippen LogP contribution in [0.3, 0.4) is 0 Å². The highest BCUT2D eigenvalue weighted by Crippen LogP contribution is 2.29. The van der Waals surface area contributed by atoms with Crippen molar-refractivity contribution < 1.29 is 4.79 Å². The first-order chi connectivity index (χ1) is 13.0. The number of aromatic nitrogens is 3. The predicted molar refractivity (Wildman–Crippen MR) is 108 cm³/mol. The minimum atomic E-state index is -0.0177. The van der Waals surface area contributed by atoms with Crippen LogP contribution in [0.5, 0.6) is 0 Å². The molecule has 0 fully saturated rings. The molecule has 0 bridgehead atoms. The summed E-state index contributed by atoms with van der Waals surface area (Å²) in [6.45, 7) is 4.30. The summed E-state index contributed by atoms with van der Waals surface area (Å²) in [6, 6.07) is 14.3. The Morgan fingerprint density at radius 2 is 1.96 bits per heavy atom. The number of rotatable bonds is 4. The zero-order valence-electron chi connectivity index (χ0n) is 15.7. The number of nitrogens with zero attached hydrogens (tertiary/aromatic N) is 3. The van der Waals surface area contributed by atoms with Crippen LogP contribution in [0, 0.1) is 5.92 Å². The van der Waals surface area contributed by atoms with Crippen LogP contribution < -0.4 is 5.32 Å². The van der Waals surface area contributed by atoms with Crippen molar-refractivity contribution in [1.29, 1.82) is 0 Å². The van der Waals surface area contributed by atoms with Gasteiger partial charge in [-0.2, -0.15) is 0 Å². The highest BCUT2D eigenvalue weighted by atomic mass is 16.1. The number of hydrogen-bond acceptors (Lipinski definition) is 3. The van der Waals surface area contributed by atoms with Gasteiger partial charge in [0.05, 0.1) is 11.0 Å². The van der Waals surface area contributed by atoms with E-state index in [0.717, 1.165) is 38.8 Å². The molecule has 2 aromatic carbocycles. The Bertz CT molecular complexity index is 1140. The third-order valence-corrected chi connectivity index (χ3v) is 4.85.